The van der Waals surface area contributed by atoms with E-state index in [-0.39, 0.29) is 5.41 Å². The van der Waals surface area contributed by atoms with Gasteiger partial charge in [0.1, 0.15) is 0 Å². The summed E-state index contributed by atoms with van der Waals surface area (Å²) in [5, 5.41) is 0. The van der Waals surface area contributed by atoms with E-state index in [1.54, 1.807) is 0 Å². The number of rotatable bonds is 3. The largest absolute Gasteiger partial charge is 0.399 e. The lowest BCUT2D eigenvalue weighted by Crippen LogP contribution is -2.28. The zero-order valence-corrected chi connectivity index (χ0v) is 16.9. The lowest BCUT2D eigenvalue weighted by Gasteiger charge is -2.34. The molecule has 0 heterocycles. The van der Waals surface area contributed by atoms with Crippen molar-refractivity contribution in [3.05, 3.63) is 125 Å². The molecule has 0 saturated carbocycles. The van der Waals surface area contributed by atoms with Crippen LogP contribution < -0.4 is 5.73 Å². The lowest BCUT2D eigenvalue weighted by molar-refractivity contribution is 0.765. The van der Waals surface area contributed by atoms with E-state index in [1.165, 1.54) is 38.9 Å². The van der Waals surface area contributed by atoms with Gasteiger partial charge in [0.15, 0.2) is 0 Å². The van der Waals surface area contributed by atoms with Crippen LogP contribution in [0.3, 0.4) is 0 Å². The monoisotopic (exact) mass is 375 g/mol. The molecule has 1 aliphatic rings. The second kappa shape index (κ2) is 6.63. The van der Waals surface area contributed by atoms with Crippen molar-refractivity contribution in [2.24, 2.45) is 0 Å². The van der Waals surface area contributed by atoms with Crippen molar-refractivity contribution < 1.29 is 0 Å². The lowest BCUT2D eigenvalue weighted by atomic mass is 9.67. The Labute approximate surface area is 172 Å². The Hall–Kier alpha value is -3.32. The molecule has 0 aromatic heterocycles. The van der Waals surface area contributed by atoms with Gasteiger partial charge in [-0.25, -0.2) is 0 Å². The van der Waals surface area contributed by atoms with Crippen LogP contribution in [0.25, 0.3) is 11.1 Å². The number of fused-ring (bicyclic) bond motifs is 3. The molecule has 4 aromatic carbocycles. The van der Waals surface area contributed by atoms with E-state index in [9.17, 15) is 0 Å². The highest BCUT2D eigenvalue weighted by molar-refractivity contribution is 5.86. The summed E-state index contributed by atoms with van der Waals surface area (Å²) in [6.45, 7) is 4.48. The zero-order valence-electron chi connectivity index (χ0n) is 16.9. The fourth-order valence-electron chi connectivity index (χ4n) is 4.87. The first kappa shape index (κ1) is 17.8. The summed E-state index contributed by atoms with van der Waals surface area (Å²) in [6, 6.07) is 35.2. The second-order valence-corrected chi connectivity index (χ2v) is 8.24. The van der Waals surface area contributed by atoms with Crippen molar-refractivity contribution in [1.29, 1.82) is 0 Å². The number of hydrogen-bond acceptors (Lipinski definition) is 1. The number of anilines is 1. The third-order valence-electron chi connectivity index (χ3n) is 6.31. The molecule has 29 heavy (non-hydrogen) atoms. The van der Waals surface area contributed by atoms with Crippen LogP contribution in [0.2, 0.25) is 0 Å². The van der Waals surface area contributed by atoms with E-state index in [2.05, 4.69) is 98.8 Å². The van der Waals surface area contributed by atoms with Crippen LogP contribution in [-0.4, -0.2) is 0 Å². The third kappa shape index (κ3) is 2.54. The predicted molar refractivity (Wildman–Crippen MR) is 122 cm³/mol. The number of nitrogens with two attached hydrogens (primary N) is 1. The van der Waals surface area contributed by atoms with E-state index in [4.69, 9.17) is 5.73 Å². The molecule has 0 atom stereocenters. The minimum atomic E-state index is -0.337. The van der Waals surface area contributed by atoms with Gasteiger partial charge in [-0.05, 0) is 57.0 Å². The molecule has 0 saturated heterocycles. The standard InChI is InChI=1S/C28H25N/c1-19(2)20-11-13-21(14-12-20)28(22-15-17-23(29)18-16-22)26-9-5-3-7-24(26)25-8-4-6-10-27(25)28/h3-19H,29H2,1-2H3. The molecular weight excluding hydrogens is 350 g/mol. The summed E-state index contributed by atoms with van der Waals surface area (Å²) in [6.07, 6.45) is 0. The molecular formula is C28H25N. The Kier molecular flexibility index (Phi) is 4.06. The quantitative estimate of drug-likeness (QED) is 0.347. The Bertz CT molecular complexity index is 1120. The maximum Gasteiger partial charge on any atom is 0.0713 e. The number of benzene rings is 4. The van der Waals surface area contributed by atoms with Crippen molar-refractivity contribution in [3.8, 4) is 11.1 Å². The summed E-state index contributed by atoms with van der Waals surface area (Å²) in [5.41, 5.74) is 15.7. The Balaban J connectivity index is 1.88. The first-order valence-corrected chi connectivity index (χ1v) is 10.3. The molecule has 0 amide bonds. The van der Waals surface area contributed by atoms with E-state index in [1.807, 2.05) is 12.1 Å². The van der Waals surface area contributed by atoms with Gasteiger partial charge >= 0.3 is 0 Å². The van der Waals surface area contributed by atoms with E-state index in [0.717, 1.165) is 5.69 Å². The molecule has 0 bridgehead atoms. The zero-order chi connectivity index (χ0) is 20.0. The Morgan fingerprint density at radius 2 is 1.03 bits per heavy atom. The molecule has 4 aromatic rings. The van der Waals surface area contributed by atoms with Gasteiger partial charge in [-0.15, -0.1) is 0 Å². The fourth-order valence-corrected chi connectivity index (χ4v) is 4.87. The van der Waals surface area contributed by atoms with Crippen LogP contribution in [0.15, 0.2) is 97.1 Å². The molecule has 1 aliphatic carbocycles. The van der Waals surface area contributed by atoms with Gasteiger partial charge in [0.05, 0.1) is 5.41 Å². The molecule has 0 spiro atoms. The van der Waals surface area contributed by atoms with Crippen LogP contribution in [0.1, 0.15) is 47.6 Å². The average molecular weight is 376 g/mol. The van der Waals surface area contributed by atoms with Gasteiger partial charge < -0.3 is 5.73 Å². The fraction of sp³-hybridized carbons (Fsp3) is 0.143. The molecule has 1 heteroatoms. The molecule has 0 aliphatic heterocycles. The van der Waals surface area contributed by atoms with Crippen molar-refractivity contribution in [1.82, 2.24) is 0 Å². The molecule has 0 radical (unpaired) electrons. The summed E-state index contributed by atoms with van der Waals surface area (Å²) < 4.78 is 0. The van der Waals surface area contributed by atoms with Crippen molar-refractivity contribution in [2.75, 3.05) is 5.73 Å². The second-order valence-electron chi connectivity index (χ2n) is 8.24. The molecule has 142 valence electrons. The van der Waals surface area contributed by atoms with E-state index < -0.39 is 0 Å². The van der Waals surface area contributed by atoms with Gasteiger partial charge in [0.2, 0.25) is 0 Å². The first-order chi connectivity index (χ1) is 14.1. The predicted octanol–water partition coefficient (Wildman–Crippen LogP) is 6.76. The molecule has 1 nitrogen and oxygen atoms in total. The molecule has 2 N–H and O–H groups in total. The maximum atomic E-state index is 6.05. The topological polar surface area (TPSA) is 26.0 Å². The van der Waals surface area contributed by atoms with Gasteiger partial charge in [-0.2, -0.15) is 0 Å². The first-order valence-electron chi connectivity index (χ1n) is 10.3. The smallest absolute Gasteiger partial charge is 0.0713 e. The van der Waals surface area contributed by atoms with Crippen molar-refractivity contribution in [3.63, 3.8) is 0 Å². The Morgan fingerprint density at radius 1 is 0.586 bits per heavy atom. The summed E-state index contributed by atoms with van der Waals surface area (Å²) >= 11 is 0. The van der Waals surface area contributed by atoms with Gasteiger partial charge in [0, 0.05) is 5.69 Å². The van der Waals surface area contributed by atoms with Crippen molar-refractivity contribution in [2.45, 2.75) is 25.2 Å². The highest BCUT2D eigenvalue weighted by atomic mass is 14.5. The number of nitrogen functional groups attached to an aromatic ring is 1. The van der Waals surface area contributed by atoms with Gasteiger partial charge in [-0.3, -0.25) is 0 Å². The van der Waals surface area contributed by atoms with Gasteiger partial charge in [-0.1, -0.05) is 98.8 Å². The molecule has 0 fully saturated rings. The Morgan fingerprint density at radius 3 is 1.52 bits per heavy atom. The van der Waals surface area contributed by atoms with E-state index >= 15 is 0 Å². The normalized spacial score (nSPS) is 13.9. The number of hydrogen-bond donors (Lipinski definition) is 1. The van der Waals surface area contributed by atoms with Gasteiger partial charge in [0.25, 0.3) is 0 Å². The van der Waals surface area contributed by atoms with Crippen LogP contribution >= 0.6 is 0 Å². The SMILES string of the molecule is CC(C)c1ccc(C2(c3ccc(N)cc3)c3ccccc3-c3ccccc32)cc1. The summed E-state index contributed by atoms with van der Waals surface area (Å²) in [4.78, 5) is 0. The minimum absolute atomic E-state index is 0.337. The third-order valence-corrected chi connectivity index (χ3v) is 6.31. The summed E-state index contributed by atoms with van der Waals surface area (Å²) in [5.74, 6) is 0.514. The highest BCUT2D eigenvalue weighted by Crippen LogP contribution is 2.55. The van der Waals surface area contributed by atoms with Crippen molar-refractivity contribution >= 4 is 5.69 Å². The van der Waals surface area contributed by atoms with Crippen LogP contribution in [0.5, 0.6) is 0 Å². The molecule has 0 unspecified atom stereocenters. The van der Waals surface area contributed by atoms with Crippen LogP contribution in [-0.2, 0) is 5.41 Å². The maximum absolute atomic E-state index is 6.05. The summed E-state index contributed by atoms with van der Waals surface area (Å²) in [7, 11) is 0. The minimum Gasteiger partial charge on any atom is -0.399 e. The van der Waals surface area contributed by atoms with Crippen LogP contribution in [0, 0.1) is 0 Å². The molecule has 5 rings (SSSR count). The van der Waals surface area contributed by atoms with E-state index in [0.29, 0.717) is 5.92 Å². The average Bonchev–Trinajstić information content (AvgIpc) is 3.06. The van der Waals surface area contributed by atoms with Crippen LogP contribution in [0.4, 0.5) is 5.69 Å². The highest BCUT2D eigenvalue weighted by Gasteiger charge is 2.45.